The number of amides is 2. The highest BCUT2D eigenvalue weighted by molar-refractivity contribution is 5.84. The number of hydrogen-bond donors (Lipinski definition) is 2. The smallest absolute Gasteiger partial charge is 0.326 e. The second-order valence-corrected chi connectivity index (χ2v) is 6.85. The Kier molecular flexibility index (Phi) is 4.25. The van der Waals surface area contributed by atoms with Crippen LogP contribution < -0.4 is 5.32 Å². The topological polar surface area (TPSA) is 69.6 Å². The molecule has 2 N–H and O–H groups in total. The van der Waals surface area contributed by atoms with Crippen molar-refractivity contribution in [3.05, 3.63) is 0 Å². The molecule has 114 valence electrons. The molecule has 0 aromatic carbocycles. The molecule has 0 radical (unpaired) electrons. The molecule has 3 unspecified atom stereocenters. The average Bonchev–Trinajstić information content (AvgIpc) is 2.85. The first-order valence-corrected chi connectivity index (χ1v) is 7.67. The number of nitrogens with one attached hydrogen (secondary N) is 1. The fourth-order valence-corrected chi connectivity index (χ4v) is 3.88. The Hall–Kier alpha value is -1.26. The van der Waals surface area contributed by atoms with Crippen LogP contribution in [0.25, 0.3) is 0 Å². The van der Waals surface area contributed by atoms with Crippen LogP contribution in [0, 0.1) is 11.8 Å². The van der Waals surface area contributed by atoms with Crippen molar-refractivity contribution in [3.8, 4) is 0 Å². The van der Waals surface area contributed by atoms with Crippen LogP contribution in [0.2, 0.25) is 0 Å². The molecule has 2 amide bonds. The second-order valence-electron chi connectivity index (χ2n) is 6.85. The van der Waals surface area contributed by atoms with E-state index in [0.717, 1.165) is 32.1 Å². The van der Waals surface area contributed by atoms with E-state index in [0.29, 0.717) is 12.5 Å². The lowest BCUT2D eigenvalue weighted by Gasteiger charge is -2.31. The number of hydrogen-bond acceptors (Lipinski definition) is 2. The van der Waals surface area contributed by atoms with E-state index >= 15 is 0 Å². The number of fused-ring (bicyclic) bond motifs is 1. The van der Waals surface area contributed by atoms with E-state index in [2.05, 4.69) is 12.2 Å². The molecule has 1 saturated heterocycles. The van der Waals surface area contributed by atoms with Crippen LogP contribution in [0.15, 0.2) is 0 Å². The van der Waals surface area contributed by atoms with Gasteiger partial charge in [-0.2, -0.15) is 0 Å². The number of likely N-dealkylation sites (tertiary alicyclic amines) is 1. The van der Waals surface area contributed by atoms with Crippen molar-refractivity contribution < 1.29 is 14.7 Å². The third kappa shape index (κ3) is 2.91. The molecule has 0 spiro atoms. The van der Waals surface area contributed by atoms with Crippen molar-refractivity contribution >= 4 is 12.0 Å². The summed E-state index contributed by atoms with van der Waals surface area (Å²) < 4.78 is 0. The lowest BCUT2D eigenvalue weighted by molar-refractivity contribution is -0.142. The van der Waals surface area contributed by atoms with E-state index in [1.165, 1.54) is 0 Å². The number of aliphatic carboxylic acids is 1. The highest BCUT2D eigenvalue weighted by Gasteiger charge is 2.49. The Morgan fingerprint density at radius 2 is 2.05 bits per heavy atom. The Bertz CT molecular complexity index is 395. The first-order valence-electron chi connectivity index (χ1n) is 7.67. The quantitative estimate of drug-likeness (QED) is 0.832. The first-order chi connectivity index (χ1) is 9.35. The molecular weight excluding hydrogens is 256 g/mol. The van der Waals surface area contributed by atoms with E-state index in [1.807, 2.05) is 13.8 Å². The monoisotopic (exact) mass is 282 g/mol. The molecule has 0 aromatic rings. The van der Waals surface area contributed by atoms with Gasteiger partial charge in [0, 0.05) is 12.1 Å². The minimum Gasteiger partial charge on any atom is -0.480 e. The standard InChI is InChI=1S/C15H26N2O3/c1-4-8-15(2,3)16-14(20)17-9-10-6-5-7-11(10)12(17)13(18)19/h10-12H,4-9H2,1-3H3,(H,16,20)(H,18,19). The Morgan fingerprint density at radius 3 is 2.65 bits per heavy atom. The summed E-state index contributed by atoms with van der Waals surface area (Å²) in [7, 11) is 0. The van der Waals surface area contributed by atoms with Crippen LogP contribution in [-0.2, 0) is 4.79 Å². The molecule has 0 bridgehead atoms. The number of urea groups is 1. The van der Waals surface area contributed by atoms with Gasteiger partial charge in [0.15, 0.2) is 0 Å². The average molecular weight is 282 g/mol. The Balaban J connectivity index is 2.07. The third-order valence-corrected chi connectivity index (χ3v) is 4.72. The van der Waals surface area contributed by atoms with Crippen molar-refractivity contribution in [1.29, 1.82) is 0 Å². The lowest BCUT2D eigenvalue weighted by Crippen LogP contribution is -2.53. The molecule has 0 aromatic heterocycles. The summed E-state index contributed by atoms with van der Waals surface area (Å²) in [5, 5.41) is 12.5. The van der Waals surface area contributed by atoms with Crippen molar-refractivity contribution in [2.45, 2.75) is 64.5 Å². The molecule has 1 aliphatic carbocycles. The van der Waals surface area contributed by atoms with E-state index in [9.17, 15) is 14.7 Å². The maximum absolute atomic E-state index is 12.4. The summed E-state index contributed by atoms with van der Waals surface area (Å²) in [5.41, 5.74) is -0.285. The Morgan fingerprint density at radius 1 is 1.35 bits per heavy atom. The molecule has 2 fully saturated rings. The van der Waals surface area contributed by atoms with Crippen LogP contribution in [0.5, 0.6) is 0 Å². The van der Waals surface area contributed by atoms with Gasteiger partial charge < -0.3 is 15.3 Å². The summed E-state index contributed by atoms with van der Waals surface area (Å²) >= 11 is 0. The Labute approximate surface area is 120 Å². The number of rotatable bonds is 4. The van der Waals surface area contributed by atoms with Crippen LogP contribution in [-0.4, -0.2) is 40.1 Å². The molecule has 5 nitrogen and oxygen atoms in total. The summed E-state index contributed by atoms with van der Waals surface area (Å²) in [5.74, 6) is -0.341. The zero-order valence-corrected chi connectivity index (χ0v) is 12.7. The summed E-state index contributed by atoms with van der Waals surface area (Å²) in [4.78, 5) is 25.5. The molecule has 1 saturated carbocycles. The van der Waals surface area contributed by atoms with Gasteiger partial charge in [0.2, 0.25) is 0 Å². The molecule has 1 aliphatic heterocycles. The van der Waals surface area contributed by atoms with Crippen LogP contribution >= 0.6 is 0 Å². The molecule has 5 heteroatoms. The van der Waals surface area contributed by atoms with E-state index in [4.69, 9.17) is 0 Å². The van der Waals surface area contributed by atoms with Gasteiger partial charge in [-0.15, -0.1) is 0 Å². The van der Waals surface area contributed by atoms with Crippen molar-refractivity contribution in [2.75, 3.05) is 6.54 Å². The van der Waals surface area contributed by atoms with Crippen LogP contribution in [0.1, 0.15) is 52.9 Å². The van der Waals surface area contributed by atoms with Crippen molar-refractivity contribution in [1.82, 2.24) is 10.2 Å². The number of carbonyl (C=O) groups is 2. The minimum atomic E-state index is -0.858. The van der Waals surface area contributed by atoms with Crippen molar-refractivity contribution in [3.63, 3.8) is 0 Å². The highest BCUT2D eigenvalue weighted by Crippen LogP contribution is 2.42. The lowest BCUT2D eigenvalue weighted by atomic mass is 9.94. The number of carbonyl (C=O) groups excluding carboxylic acids is 1. The van der Waals surface area contributed by atoms with E-state index in [1.54, 1.807) is 4.90 Å². The SMILES string of the molecule is CCCC(C)(C)NC(=O)N1CC2CCCC2C1C(=O)O. The maximum atomic E-state index is 12.4. The number of carboxylic acids is 1. The zero-order valence-electron chi connectivity index (χ0n) is 12.7. The van der Waals surface area contributed by atoms with Crippen LogP contribution in [0.3, 0.4) is 0 Å². The van der Waals surface area contributed by atoms with Gasteiger partial charge >= 0.3 is 12.0 Å². The van der Waals surface area contributed by atoms with Gasteiger partial charge in [-0.25, -0.2) is 9.59 Å². The molecule has 3 atom stereocenters. The first kappa shape index (κ1) is 15.1. The number of carboxylic acid groups (broad SMARTS) is 1. The van der Waals surface area contributed by atoms with Gasteiger partial charge in [0.05, 0.1) is 0 Å². The fourth-order valence-electron chi connectivity index (χ4n) is 3.88. The fraction of sp³-hybridized carbons (Fsp3) is 0.867. The largest absolute Gasteiger partial charge is 0.480 e. The molecular formula is C15H26N2O3. The van der Waals surface area contributed by atoms with Gasteiger partial charge in [-0.05, 0) is 44.9 Å². The molecule has 20 heavy (non-hydrogen) atoms. The molecule has 2 rings (SSSR count). The van der Waals surface area contributed by atoms with Gasteiger partial charge in [0.1, 0.15) is 6.04 Å². The summed E-state index contributed by atoms with van der Waals surface area (Å²) in [6.07, 6.45) is 4.95. The summed E-state index contributed by atoms with van der Waals surface area (Å²) in [6, 6.07) is -0.856. The minimum absolute atomic E-state index is 0.146. The predicted molar refractivity (Wildman–Crippen MR) is 76.5 cm³/mol. The highest BCUT2D eigenvalue weighted by atomic mass is 16.4. The predicted octanol–water partition coefficient (Wildman–Crippen LogP) is 2.46. The van der Waals surface area contributed by atoms with Crippen molar-refractivity contribution in [2.24, 2.45) is 11.8 Å². The zero-order chi connectivity index (χ0) is 14.9. The normalized spacial score (nSPS) is 29.4. The molecule has 1 heterocycles. The van der Waals surface area contributed by atoms with E-state index in [-0.39, 0.29) is 17.5 Å². The van der Waals surface area contributed by atoms with Gasteiger partial charge in [-0.1, -0.05) is 19.8 Å². The summed E-state index contributed by atoms with van der Waals surface area (Å²) in [6.45, 7) is 6.64. The maximum Gasteiger partial charge on any atom is 0.326 e. The second kappa shape index (κ2) is 5.62. The van der Waals surface area contributed by atoms with E-state index < -0.39 is 12.0 Å². The number of nitrogens with zero attached hydrogens (tertiary/aromatic N) is 1. The van der Waals surface area contributed by atoms with Crippen LogP contribution in [0.4, 0.5) is 4.79 Å². The molecule has 2 aliphatic rings. The van der Waals surface area contributed by atoms with Gasteiger partial charge in [-0.3, -0.25) is 0 Å². The third-order valence-electron chi connectivity index (χ3n) is 4.72. The van der Waals surface area contributed by atoms with Gasteiger partial charge in [0.25, 0.3) is 0 Å².